The smallest absolute Gasteiger partial charge is 0.0832 e. The molecule has 3 nitrogen and oxygen atoms in total. The predicted molar refractivity (Wildman–Crippen MR) is 66.8 cm³/mol. The van der Waals surface area contributed by atoms with Crippen molar-refractivity contribution in [3.8, 4) is 0 Å². The molecule has 0 saturated carbocycles. The lowest BCUT2D eigenvalue weighted by Gasteiger charge is -2.32. The topological polar surface area (TPSA) is 27.7 Å². The van der Waals surface area contributed by atoms with Crippen LogP contribution in [0.5, 0.6) is 0 Å². The lowest BCUT2D eigenvalue weighted by molar-refractivity contribution is -0.0963. The number of methoxy groups -OCH3 is 2. The average Bonchev–Trinajstić information content (AvgIpc) is 2.22. The molecule has 0 heterocycles. The highest BCUT2D eigenvalue weighted by Crippen LogP contribution is 2.23. The number of rotatable bonds is 7. The average molecular weight is 232 g/mol. The molecule has 16 heavy (non-hydrogen) atoms. The molecule has 0 rings (SSSR count). The van der Waals surface area contributed by atoms with Crippen molar-refractivity contribution in [2.75, 3.05) is 20.8 Å². The summed E-state index contributed by atoms with van der Waals surface area (Å²) >= 11 is 0. The first-order valence-corrected chi connectivity index (χ1v) is 5.98. The fraction of sp³-hybridized carbons (Fsp3) is 1.00. The van der Waals surface area contributed by atoms with Crippen molar-refractivity contribution >= 4 is 0 Å². The molecule has 0 bridgehead atoms. The Labute approximate surface area is 100 Å². The van der Waals surface area contributed by atoms with Gasteiger partial charge < -0.3 is 14.2 Å². The number of ether oxygens (including phenoxy) is 3. The van der Waals surface area contributed by atoms with Crippen LogP contribution < -0.4 is 0 Å². The Hall–Kier alpha value is -0.120. The van der Waals surface area contributed by atoms with Gasteiger partial charge in [-0.2, -0.15) is 0 Å². The lowest BCUT2D eigenvalue weighted by Crippen LogP contribution is -2.36. The molecule has 0 aromatic heterocycles. The molecular weight excluding hydrogens is 204 g/mol. The van der Waals surface area contributed by atoms with Gasteiger partial charge in [0.25, 0.3) is 0 Å². The first kappa shape index (κ1) is 15.9. The molecule has 3 heteroatoms. The van der Waals surface area contributed by atoms with Crippen LogP contribution in [0.2, 0.25) is 0 Å². The van der Waals surface area contributed by atoms with Crippen LogP contribution in [0.1, 0.15) is 47.5 Å². The second kappa shape index (κ2) is 6.58. The SMILES string of the molecule is CCC(C)(CC(COC(C)(C)C)OC)OC. The van der Waals surface area contributed by atoms with Crippen molar-refractivity contribution in [3.63, 3.8) is 0 Å². The van der Waals surface area contributed by atoms with E-state index in [9.17, 15) is 0 Å². The summed E-state index contributed by atoms with van der Waals surface area (Å²) in [6.07, 6.45) is 1.91. The monoisotopic (exact) mass is 232 g/mol. The van der Waals surface area contributed by atoms with Gasteiger partial charge in [-0.25, -0.2) is 0 Å². The van der Waals surface area contributed by atoms with Crippen molar-refractivity contribution in [1.82, 2.24) is 0 Å². The maximum Gasteiger partial charge on any atom is 0.0832 e. The molecule has 0 amide bonds. The second-order valence-electron chi connectivity index (χ2n) is 5.49. The molecule has 0 fully saturated rings. The van der Waals surface area contributed by atoms with E-state index in [-0.39, 0.29) is 17.3 Å². The van der Waals surface area contributed by atoms with Crippen LogP contribution in [0.15, 0.2) is 0 Å². The second-order valence-corrected chi connectivity index (χ2v) is 5.49. The van der Waals surface area contributed by atoms with Gasteiger partial charge in [-0.3, -0.25) is 0 Å². The highest BCUT2D eigenvalue weighted by atomic mass is 16.5. The van der Waals surface area contributed by atoms with E-state index in [4.69, 9.17) is 14.2 Å². The molecule has 0 aliphatic heterocycles. The van der Waals surface area contributed by atoms with Crippen molar-refractivity contribution in [2.24, 2.45) is 0 Å². The first-order chi connectivity index (χ1) is 7.26. The molecule has 0 saturated heterocycles. The minimum Gasteiger partial charge on any atom is -0.379 e. The summed E-state index contributed by atoms with van der Waals surface area (Å²) in [6, 6.07) is 0. The van der Waals surface area contributed by atoms with E-state index in [1.807, 2.05) is 0 Å². The van der Waals surface area contributed by atoms with Gasteiger partial charge in [0, 0.05) is 20.6 Å². The Morgan fingerprint density at radius 1 is 1.06 bits per heavy atom. The van der Waals surface area contributed by atoms with E-state index in [0.29, 0.717) is 6.61 Å². The van der Waals surface area contributed by atoms with E-state index in [1.54, 1.807) is 14.2 Å². The van der Waals surface area contributed by atoms with Gasteiger partial charge in [-0.05, 0) is 34.1 Å². The molecule has 0 aromatic rings. The third kappa shape index (κ3) is 6.46. The maximum absolute atomic E-state index is 5.74. The minimum atomic E-state index is -0.123. The summed E-state index contributed by atoms with van der Waals surface area (Å²) < 4.78 is 16.7. The highest BCUT2D eigenvalue weighted by Gasteiger charge is 2.27. The quantitative estimate of drug-likeness (QED) is 0.675. The summed E-state index contributed by atoms with van der Waals surface area (Å²) in [7, 11) is 3.48. The first-order valence-electron chi connectivity index (χ1n) is 5.98. The van der Waals surface area contributed by atoms with Gasteiger partial charge in [0.1, 0.15) is 0 Å². The largest absolute Gasteiger partial charge is 0.379 e. The molecule has 0 aliphatic carbocycles. The van der Waals surface area contributed by atoms with Crippen LogP contribution in [0, 0.1) is 0 Å². The van der Waals surface area contributed by atoms with Crippen LogP contribution in [0.3, 0.4) is 0 Å². The summed E-state index contributed by atoms with van der Waals surface area (Å²) in [6.45, 7) is 11.0. The molecule has 0 N–H and O–H groups in total. The molecule has 2 unspecified atom stereocenters. The van der Waals surface area contributed by atoms with Crippen LogP contribution in [0.25, 0.3) is 0 Å². The van der Waals surface area contributed by atoms with Crippen molar-refractivity contribution in [1.29, 1.82) is 0 Å². The maximum atomic E-state index is 5.74. The van der Waals surface area contributed by atoms with Gasteiger partial charge in [0.15, 0.2) is 0 Å². The third-order valence-corrected chi connectivity index (χ3v) is 2.94. The zero-order chi connectivity index (χ0) is 12.8. The Morgan fingerprint density at radius 2 is 1.62 bits per heavy atom. The van der Waals surface area contributed by atoms with Gasteiger partial charge in [-0.1, -0.05) is 6.92 Å². The summed E-state index contributed by atoms with van der Waals surface area (Å²) in [5.41, 5.74) is -0.242. The van der Waals surface area contributed by atoms with E-state index in [2.05, 4.69) is 34.6 Å². The Kier molecular flexibility index (Phi) is 6.53. The fourth-order valence-electron chi connectivity index (χ4n) is 1.41. The van der Waals surface area contributed by atoms with Crippen molar-refractivity contribution in [3.05, 3.63) is 0 Å². The number of hydrogen-bond acceptors (Lipinski definition) is 3. The fourth-order valence-corrected chi connectivity index (χ4v) is 1.41. The highest BCUT2D eigenvalue weighted by molar-refractivity contribution is 4.78. The van der Waals surface area contributed by atoms with Crippen LogP contribution in [-0.4, -0.2) is 38.1 Å². The van der Waals surface area contributed by atoms with E-state index < -0.39 is 0 Å². The third-order valence-electron chi connectivity index (χ3n) is 2.94. The van der Waals surface area contributed by atoms with Gasteiger partial charge in [0.05, 0.1) is 23.9 Å². The Morgan fingerprint density at radius 3 is 1.94 bits per heavy atom. The van der Waals surface area contributed by atoms with E-state index in [1.165, 1.54) is 0 Å². The summed E-state index contributed by atoms with van der Waals surface area (Å²) in [4.78, 5) is 0. The minimum absolute atomic E-state index is 0.0872. The molecular formula is C13H28O3. The van der Waals surface area contributed by atoms with Crippen molar-refractivity contribution in [2.45, 2.75) is 64.8 Å². The zero-order valence-electron chi connectivity index (χ0n) is 11.9. The Bertz CT molecular complexity index is 180. The molecule has 0 aliphatic rings. The summed E-state index contributed by atoms with van der Waals surface area (Å²) in [5.74, 6) is 0. The molecule has 0 spiro atoms. The Balaban J connectivity index is 4.19. The molecule has 0 aromatic carbocycles. The van der Waals surface area contributed by atoms with Gasteiger partial charge in [0.2, 0.25) is 0 Å². The zero-order valence-corrected chi connectivity index (χ0v) is 11.9. The van der Waals surface area contributed by atoms with Crippen LogP contribution in [0.4, 0.5) is 0 Å². The normalized spacial score (nSPS) is 18.2. The molecule has 2 atom stereocenters. The van der Waals surface area contributed by atoms with Crippen molar-refractivity contribution < 1.29 is 14.2 Å². The number of hydrogen-bond donors (Lipinski definition) is 0. The van der Waals surface area contributed by atoms with E-state index in [0.717, 1.165) is 12.8 Å². The lowest BCUT2D eigenvalue weighted by atomic mass is 9.95. The van der Waals surface area contributed by atoms with Crippen LogP contribution >= 0.6 is 0 Å². The molecule has 98 valence electrons. The standard InChI is InChI=1S/C13H28O3/c1-8-13(5,15-7)9-11(14-6)10-16-12(2,3)4/h11H,8-10H2,1-7H3. The molecule has 0 radical (unpaired) electrons. The van der Waals surface area contributed by atoms with Crippen LogP contribution in [-0.2, 0) is 14.2 Å². The predicted octanol–water partition coefficient (Wildman–Crippen LogP) is 3.02. The van der Waals surface area contributed by atoms with Gasteiger partial charge in [-0.15, -0.1) is 0 Å². The van der Waals surface area contributed by atoms with Gasteiger partial charge >= 0.3 is 0 Å². The summed E-state index contributed by atoms with van der Waals surface area (Å²) in [5, 5.41) is 0. The van der Waals surface area contributed by atoms with E-state index >= 15 is 0 Å².